The van der Waals surface area contributed by atoms with Gasteiger partial charge in [-0.25, -0.2) is 4.79 Å². The number of nitrogens with zero attached hydrogens (tertiary/aromatic N) is 2. The van der Waals surface area contributed by atoms with Gasteiger partial charge < -0.3 is 38.9 Å². The van der Waals surface area contributed by atoms with Crippen molar-refractivity contribution in [1.29, 1.82) is 0 Å². The van der Waals surface area contributed by atoms with Crippen molar-refractivity contribution in [2.24, 2.45) is 22.9 Å². The maximum atomic E-state index is 13.8. The molecule has 0 spiro atoms. The van der Waals surface area contributed by atoms with Gasteiger partial charge in [-0.3, -0.25) is 0 Å². The van der Waals surface area contributed by atoms with Gasteiger partial charge in [0, 0.05) is 48.8 Å². The Morgan fingerprint density at radius 3 is 2.48 bits per heavy atom. The first-order chi connectivity index (χ1) is 28.4. The van der Waals surface area contributed by atoms with Gasteiger partial charge in [-0.15, -0.1) is 29.9 Å². The molecule has 10 nitrogen and oxygen atoms in total. The van der Waals surface area contributed by atoms with Crippen LogP contribution in [0.3, 0.4) is 0 Å². The summed E-state index contributed by atoms with van der Waals surface area (Å²) in [6, 6.07) is 25.5. The van der Waals surface area contributed by atoms with E-state index in [9.17, 15) is 15.0 Å². The maximum Gasteiger partial charge on any atom is 0.410 e. The van der Waals surface area contributed by atoms with E-state index in [-0.39, 0.29) is 63.1 Å². The molecule has 3 aliphatic rings. The van der Waals surface area contributed by atoms with E-state index in [0.29, 0.717) is 30.9 Å². The van der Waals surface area contributed by atoms with E-state index in [0.717, 1.165) is 53.9 Å². The molecule has 0 bridgehead atoms. The number of benzene rings is 3. The number of aliphatic hydroxyl groups is 2. The molecule has 1 fully saturated rings. The van der Waals surface area contributed by atoms with Gasteiger partial charge in [0.05, 0.1) is 30.7 Å². The third kappa shape index (κ3) is 10.4. The Bertz CT molecular complexity index is 1830. The molecular formula is C46H57ClN2O8S. The Balaban J connectivity index is 1.47. The van der Waals surface area contributed by atoms with Crippen molar-refractivity contribution >= 4 is 35.2 Å². The van der Waals surface area contributed by atoms with Crippen LogP contribution in [0.2, 0.25) is 0 Å². The Labute approximate surface area is 352 Å². The van der Waals surface area contributed by atoms with Crippen LogP contribution in [-0.2, 0) is 20.9 Å². The minimum Gasteiger partial charge on any atom is -0.493 e. The molecule has 3 aromatic carbocycles. The number of hydrogen-bond acceptors (Lipinski definition) is 10. The summed E-state index contributed by atoms with van der Waals surface area (Å²) in [6.07, 6.45) is 8.47. The number of allylic oxidation sites excluding steroid dienone is 1. The van der Waals surface area contributed by atoms with Crippen LogP contribution >= 0.6 is 23.4 Å². The predicted octanol–water partition coefficient (Wildman–Crippen LogP) is 9.00. The molecule has 1 heterocycles. The fourth-order valence-corrected chi connectivity index (χ4v) is 9.60. The summed E-state index contributed by atoms with van der Waals surface area (Å²) in [5, 5.41) is 24.6. The highest BCUT2D eigenvalue weighted by Gasteiger charge is 2.65. The molecule has 1 amide bonds. The molecule has 1 saturated carbocycles. The number of likely N-dealkylation sites (N-methyl/N-ethyl adjacent to an activating group) is 1. The number of hydrogen-bond donors (Lipinski definition) is 2. The smallest absolute Gasteiger partial charge is 0.410 e. The number of rotatable bonds is 22. The lowest BCUT2D eigenvalue weighted by molar-refractivity contribution is -0.253. The molecule has 0 radical (unpaired) electrons. The summed E-state index contributed by atoms with van der Waals surface area (Å²) in [5.74, 6) is 0.578. The highest BCUT2D eigenvalue weighted by molar-refractivity contribution is 7.99. The van der Waals surface area contributed by atoms with Crippen LogP contribution in [0.5, 0.6) is 11.5 Å². The van der Waals surface area contributed by atoms with Crippen LogP contribution in [-0.4, -0.2) is 90.5 Å². The van der Waals surface area contributed by atoms with Crippen molar-refractivity contribution in [3.05, 3.63) is 114 Å². The highest BCUT2D eigenvalue weighted by Crippen LogP contribution is 2.61. The van der Waals surface area contributed by atoms with Gasteiger partial charge >= 0.3 is 6.09 Å². The molecule has 6 unspecified atom stereocenters. The van der Waals surface area contributed by atoms with Crippen LogP contribution in [0.15, 0.2) is 113 Å². The molecule has 3 aromatic rings. The average Bonchev–Trinajstić information content (AvgIpc) is 3.25. The number of alkyl halides is 1. The topological polar surface area (TPSA) is 119 Å². The lowest BCUT2D eigenvalue weighted by atomic mass is 9.55. The number of amides is 1. The maximum absolute atomic E-state index is 13.8. The molecule has 0 aromatic heterocycles. The summed E-state index contributed by atoms with van der Waals surface area (Å²) in [5.41, 5.74) is 3.66. The van der Waals surface area contributed by atoms with Gasteiger partial charge in [-0.05, 0) is 79.0 Å². The summed E-state index contributed by atoms with van der Waals surface area (Å²) >= 11 is 7.71. The monoisotopic (exact) mass is 832 g/mol. The Morgan fingerprint density at radius 1 is 1.02 bits per heavy atom. The molecule has 1 aliphatic heterocycles. The predicted molar refractivity (Wildman–Crippen MR) is 229 cm³/mol. The van der Waals surface area contributed by atoms with Crippen molar-refractivity contribution in [1.82, 2.24) is 4.90 Å². The van der Waals surface area contributed by atoms with Crippen LogP contribution in [0.25, 0.3) is 0 Å². The largest absolute Gasteiger partial charge is 0.493 e. The lowest BCUT2D eigenvalue weighted by Crippen LogP contribution is -2.69. The van der Waals surface area contributed by atoms with Crippen molar-refractivity contribution in [3.8, 4) is 11.5 Å². The summed E-state index contributed by atoms with van der Waals surface area (Å²) < 4.78 is 26.2. The van der Waals surface area contributed by atoms with Gasteiger partial charge in [0.2, 0.25) is 5.79 Å². The molecule has 2 aliphatic carbocycles. The quantitative estimate of drug-likeness (QED) is 0.0336. The lowest BCUT2D eigenvalue weighted by Gasteiger charge is -2.59. The van der Waals surface area contributed by atoms with Crippen LogP contribution in [0, 0.1) is 17.8 Å². The first-order valence-electron chi connectivity index (χ1n) is 20.4. The molecule has 312 valence electrons. The summed E-state index contributed by atoms with van der Waals surface area (Å²) in [6.45, 7) is 5.22. The first kappa shape index (κ1) is 43.6. The number of oxime groups is 1. The van der Waals surface area contributed by atoms with E-state index < -0.39 is 23.8 Å². The van der Waals surface area contributed by atoms with Crippen molar-refractivity contribution < 1.29 is 38.8 Å². The van der Waals surface area contributed by atoms with E-state index in [1.807, 2.05) is 60.7 Å². The van der Waals surface area contributed by atoms with Crippen molar-refractivity contribution in [2.45, 2.75) is 74.2 Å². The normalized spacial score (nSPS) is 23.8. The van der Waals surface area contributed by atoms with Gasteiger partial charge in [-0.1, -0.05) is 78.7 Å². The van der Waals surface area contributed by atoms with E-state index >= 15 is 0 Å². The molecule has 0 saturated heterocycles. The van der Waals surface area contributed by atoms with E-state index in [4.69, 9.17) is 40.5 Å². The standard InChI is InChI=1S/C46H57ClN2O8S/c1-3-25-55-46-42(49(2)45(52)54-26-22-47)31-40(48-56-32-33-14-6-4-7-15-33)38-29-34(16-10-12-23-50)37(19-11-13-24-51)43(44(38)46)39-30-35(20-21-41(39)57-46)53-27-28-58-36-17-8-5-9-18-36/h3-9,14-15,17-18,20-21,29-30,34,37,42-44,50-51H,1,10-13,16,19,22-28,31-32H2,2H3. The van der Waals surface area contributed by atoms with E-state index in [1.54, 1.807) is 29.8 Å². The number of thioether (sulfide) groups is 1. The molecular weight excluding hydrogens is 776 g/mol. The summed E-state index contributed by atoms with van der Waals surface area (Å²) in [7, 11) is 1.70. The minimum atomic E-state index is -1.37. The summed E-state index contributed by atoms with van der Waals surface area (Å²) in [4.78, 5) is 22.6. The number of aliphatic hydroxyl groups excluding tert-OH is 2. The van der Waals surface area contributed by atoms with Crippen molar-refractivity contribution in [2.75, 3.05) is 51.7 Å². The van der Waals surface area contributed by atoms with Gasteiger partial charge in [0.25, 0.3) is 0 Å². The fourth-order valence-electron chi connectivity index (χ4n) is 8.77. The number of unbranched alkanes of at least 4 members (excludes halogenated alkanes) is 2. The molecule has 58 heavy (non-hydrogen) atoms. The van der Waals surface area contributed by atoms with Crippen LogP contribution < -0.4 is 9.47 Å². The number of ether oxygens (including phenoxy) is 4. The number of fused-ring (bicyclic) bond motifs is 2. The Hall–Kier alpha value is -4.00. The van der Waals surface area contributed by atoms with Gasteiger partial charge in [0.15, 0.2) is 0 Å². The van der Waals surface area contributed by atoms with Crippen molar-refractivity contribution in [3.63, 3.8) is 0 Å². The first-order valence-corrected chi connectivity index (χ1v) is 22.0. The van der Waals surface area contributed by atoms with E-state index in [2.05, 4.69) is 30.9 Å². The van der Waals surface area contributed by atoms with Gasteiger partial charge in [0.1, 0.15) is 30.8 Å². The zero-order chi connectivity index (χ0) is 40.7. The van der Waals surface area contributed by atoms with Gasteiger partial charge in [-0.2, -0.15) is 0 Å². The zero-order valence-corrected chi connectivity index (χ0v) is 35.0. The van der Waals surface area contributed by atoms with Crippen LogP contribution in [0.1, 0.15) is 62.0 Å². The van der Waals surface area contributed by atoms with Crippen LogP contribution in [0.4, 0.5) is 4.79 Å². The second kappa shape index (κ2) is 21.8. The number of carbonyl (C=O) groups is 1. The zero-order valence-electron chi connectivity index (χ0n) is 33.4. The highest BCUT2D eigenvalue weighted by atomic mass is 35.5. The third-order valence-electron chi connectivity index (χ3n) is 11.3. The Morgan fingerprint density at radius 2 is 1.76 bits per heavy atom. The molecule has 2 N–H and O–H groups in total. The van der Waals surface area contributed by atoms with E-state index in [1.165, 1.54) is 4.90 Å². The fraction of sp³-hybridized carbons (Fsp3) is 0.478. The number of carbonyl (C=O) groups excluding carboxylic acids is 1. The minimum absolute atomic E-state index is 0.0507. The SMILES string of the molecule is C=CCOC12Oc3ccc(OCCSc4ccccc4)cc3C3C(CCCCO)C(CCCCO)C=C(C(=NOCc4ccccc4)CC1N(C)C(=O)OCCCl)C32. The molecule has 12 heteroatoms. The Kier molecular flexibility index (Phi) is 16.4. The molecule has 6 atom stereocenters. The molecule has 6 rings (SSSR count). The second-order valence-electron chi connectivity index (χ2n) is 15.0. The second-order valence-corrected chi connectivity index (χ2v) is 16.5. The number of halogens is 1. The average molecular weight is 833 g/mol. The third-order valence-corrected chi connectivity index (χ3v) is 12.4.